The summed E-state index contributed by atoms with van der Waals surface area (Å²) >= 11 is 1.78. The minimum atomic E-state index is -0.0660. The van der Waals surface area contributed by atoms with E-state index in [0.29, 0.717) is 5.82 Å². The van der Waals surface area contributed by atoms with Crippen LogP contribution in [0.1, 0.15) is 12.0 Å². The lowest BCUT2D eigenvalue weighted by Crippen LogP contribution is -2.26. The number of piperidine rings is 1. The molecular weight excluding hydrogens is 382 g/mol. The number of hydrogen-bond acceptors (Lipinski definition) is 6. The number of anilines is 2. The predicted molar refractivity (Wildman–Crippen MR) is 118 cm³/mol. The van der Waals surface area contributed by atoms with E-state index in [9.17, 15) is 4.79 Å². The first-order valence-electron chi connectivity index (χ1n) is 9.95. The molecule has 1 saturated carbocycles. The molecule has 1 aliphatic heterocycles. The molecule has 3 aromatic rings. The second kappa shape index (κ2) is 7.48. The van der Waals surface area contributed by atoms with Gasteiger partial charge in [-0.25, -0.2) is 9.97 Å². The molecule has 0 bridgehead atoms. The first kappa shape index (κ1) is 18.1. The number of para-hydroxylation sites is 1. The topological polar surface area (TPSA) is 84.1 Å². The number of nitrogens with zero attached hydrogens (tertiary/aromatic N) is 3. The minimum absolute atomic E-state index is 0.0660. The van der Waals surface area contributed by atoms with E-state index < -0.39 is 0 Å². The maximum Gasteiger partial charge on any atom is 0.244 e. The number of carbonyl (C=O) groups excluding carboxylic acids is 1. The third kappa shape index (κ3) is 3.82. The third-order valence-electron chi connectivity index (χ3n) is 5.94. The molecule has 1 aromatic carbocycles. The molecule has 2 aromatic heterocycles. The second-order valence-electron chi connectivity index (χ2n) is 7.79. The SMILES string of the molecule is Nc1ccc(/C=C/C(=O)NCCC2[C@H]3CN(c4nc5ccccc5s4)C[C@@H]23)cn1. The standard InChI is InChI=1S/C22H23N5OS/c23-20-7-5-14(11-25-20)6-8-21(28)24-10-9-15-16-12-27(13-17(15)16)22-26-18-3-1-2-4-19(18)29-22/h1-8,11,15-17H,9-10,12-13H2,(H2,23,25)(H,24,28)/b8-6+/t15?,16-,17+. The molecule has 5 rings (SSSR count). The third-order valence-corrected chi connectivity index (χ3v) is 7.03. The van der Waals surface area contributed by atoms with Crippen LogP contribution in [0.15, 0.2) is 48.7 Å². The Labute approximate surface area is 173 Å². The summed E-state index contributed by atoms with van der Waals surface area (Å²) in [6, 6.07) is 11.9. The number of thiazole rings is 1. The molecule has 1 amide bonds. The van der Waals surface area contributed by atoms with Crippen molar-refractivity contribution in [1.82, 2.24) is 15.3 Å². The molecule has 1 aliphatic carbocycles. The molecule has 3 heterocycles. The van der Waals surface area contributed by atoms with Gasteiger partial charge >= 0.3 is 0 Å². The molecule has 29 heavy (non-hydrogen) atoms. The highest BCUT2D eigenvalue weighted by atomic mass is 32.1. The summed E-state index contributed by atoms with van der Waals surface area (Å²) in [5, 5.41) is 4.14. The average Bonchev–Trinajstić information content (AvgIpc) is 3.10. The van der Waals surface area contributed by atoms with E-state index in [2.05, 4.69) is 33.4 Å². The lowest BCUT2D eigenvalue weighted by Gasteiger charge is -2.18. The van der Waals surface area contributed by atoms with Crippen LogP contribution in [0.4, 0.5) is 10.9 Å². The Hall–Kier alpha value is -2.93. The fourth-order valence-corrected chi connectivity index (χ4v) is 5.32. The van der Waals surface area contributed by atoms with Crippen molar-refractivity contribution >= 4 is 44.5 Å². The van der Waals surface area contributed by atoms with Gasteiger partial charge in [0.25, 0.3) is 0 Å². The van der Waals surface area contributed by atoms with Crippen molar-refractivity contribution in [2.24, 2.45) is 17.8 Å². The predicted octanol–water partition coefficient (Wildman–Crippen LogP) is 3.18. The van der Waals surface area contributed by atoms with E-state index in [1.54, 1.807) is 35.8 Å². The van der Waals surface area contributed by atoms with E-state index >= 15 is 0 Å². The number of carbonyl (C=O) groups is 1. The number of aromatic nitrogens is 2. The summed E-state index contributed by atoms with van der Waals surface area (Å²) < 4.78 is 1.25. The van der Waals surface area contributed by atoms with Gasteiger partial charge in [-0.3, -0.25) is 4.79 Å². The maximum absolute atomic E-state index is 12.0. The van der Waals surface area contributed by atoms with Gasteiger partial charge in [-0.15, -0.1) is 0 Å². The normalized spacial score (nSPS) is 22.9. The van der Waals surface area contributed by atoms with E-state index in [-0.39, 0.29) is 5.91 Å². The van der Waals surface area contributed by atoms with Crippen LogP contribution in [-0.4, -0.2) is 35.5 Å². The molecule has 7 heteroatoms. The molecule has 0 spiro atoms. The molecule has 1 saturated heterocycles. The van der Waals surface area contributed by atoms with Crippen LogP contribution in [0, 0.1) is 17.8 Å². The van der Waals surface area contributed by atoms with Crippen molar-refractivity contribution < 1.29 is 4.79 Å². The van der Waals surface area contributed by atoms with E-state index in [0.717, 1.165) is 60.0 Å². The van der Waals surface area contributed by atoms with Gasteiger partial charge in [-0.1, -0.05) is 23.5 Å². The van der Waals surface area contributed by atoms with E-state index in [1.165, 1.54) is 4.70 Å². The number of benzene rings is 1. The van der Waals surface area contributed by atoms with Gasteiger partial charge in [-0.05, 0) is 60.1 Å². The molecule has 3 N–H and O–H groups in total. The van der Waals surface area contributed by atoms with Gasteiger partial charge < -0.3 is 16.0 Å². The van der Waals surface area contributed by atoms with Crippen molar-refractivity contribution in [3.8, 4) is 0 Å². The number of nitrogens with two attached hydrogens (primary N) is 1. The zero-order valence-corrected chi connectivity index (χ0v) is 16.8. The molecule has 3 atom stereocenters. The van der Waals surface area contributed by atoms with Crippen molar-refractivity contribution in [2.75, 3.05) is 30.3 Å². The number of pyridine rings is 1. The maximum atomic E-state index is 12.0. The molecule has 0 radical (unpaired) electrons. The monoisotopic (exact) mass is 405 g/mol. The van der Waals surface area contributed by atoms with Gasteiger partial charge in [0, 0.05) is 31.9 Å². The summed E-state index contributed by atoms with van der Waals surface area (Å²) in [5.74, 6) is 2.63. The summed E-state index contributed by atoms with van der Waals surface area (Å²) in [6.45, 7) is 2.91. The Balaban J connectivity index is 1.06. The molecule has 2 fully saturated rings. The molecule has 1 unspecified atom stereocenters. The number of amides is 1. The highest BCUT2D eigenvalue weighted by Gasteiger charge is 2.55. The fourth-order valence-electron chi connectivity index (χ4n) is 4.34. The van der Waals surface area contributed by atoms with Crippen LogP contribution in [0.5, 0.6) is 0 Å². The summed E-state index contributed by atoms with van der Waals surface area (Å²) in [5.41, 5.74) is 7.51. The van der Waals surface area contributed by atoms with Gasteiger partial charge in [0.15, 0.2) is 5.13 Å². The zero-order chi connectivity index (χ0) is 19.8. The van der Waals surface area contributed by atoms with E-state index in [1.807, 2.05) is 12.1 Å². The van der Waals surface area contributed by atoms with Gasteiger partial charge in [0.05, 0.1) is 10.2 Å². The van der Waals surface area contributed by atoms with Crippen LogP contribution in [-0.2, 0) is 4.79 Å². The first-order valence-corrected chi connectivity index (χ1v) is 10.8. The summed E-state index contributed by atoms with van der Waals surface area (Å²) in [7, 11) is 0. The lowest BCUT2D eigenvalue weighted by molar-refractivity contribution is -0.116. The molecular formula is C22H23N5OS. The summed E-state index contributed by atoms with van der Waals surface area (Å²) in [4.78, 5) is 23.2. The average molecular weight is 406 g/mol. The Morgan fingerprint density at radius 1 is 1.24 bits per heavy atom. The number of rotatable bonds is 6. The Morgan fingerprint density at radius 2 is 2.07 bits per heavy atom. The largest absolute Gasteiger partial charge is 0.384 e. The van der Waals surface area contributed by atoms with Gasteiger partial charge in [0.1, 0.15) is 5.82 Å². The van der Waals surface area contributed by atoms with Crippen LogP contribution < -0.4 is 16.0 Å². The second-order valence-corrected chi connectivity index (χ2v) is 8.80. The Bertz CT molecular complexity index is 1020. The molecule has 148 valence electrons. The first-order chi connectivity index (χ1) is 14.2. The van der Waals surface area contributed by atoms with Crippen LogP contribution in [0.3, 0.4) is 0 Å². The molecule has 6 nitrogen and oxygen atoms in total. The van der Waals surface area contributed by atoms with Gasteiger partial charge in [-0.2, -0.15) is 0 Å². The van der Waals surface area contributed by atoms with Crippen LogP contribution in [0.2, 0.25) is 0 Å². The smallest absolute Gasteiger partial charge is 0.244 e. The summed E-state index contributed by atoms with van der Waals surface area (Å²) in [6.07, 6.45) is 6.01. The van der Waals surface area contributed by atoms with Crippen molar-refractivity contribution in [3.63, 3.8) is 0 Å². The van der Waals surface area contributed by atoms with Crippen molar-refractivity contribution in [3.05, 3.63) is 54.2 Å². The highest BCUT2D eigenvalue weighted by molar-refractivity contribution is 7.22. The lowest BCUT2D eigenvalue weighted by atomic mass is 10.2. The minimum Gasteiger partial charge on any atom is -0.384 e. The molecule has 2 aliphatic rings. The number of hydrogen-bond donors (Lipinski definition) is 2. The number of nitrogen functional groups attached to an aromatic ring is 1. The highest BCUT2D eigenvalue weighted by Crippen LogP contribution is 2.54. The van der Waals surface area contributed by atoms with Crippen LogP contribution >= 0.6 is 11.3 Å². The quantitative estimate of drug-likeness (QED) is 0.616. The van der Waals surface area contributed by atoms with Crippen molar-refractivity contribution in [2.45, 2.75) is 6.42 Å². The fraction of sp³-hybridized carbons (Fsp3) is 0.318. The number of nitrogens with one attached hydrogen (secondary N) is 1. The Morgan fingerprint density at radius 3 is 2.83 bits per heavy atom. The van der Waals surface area contributed by atoms with Crippen molar-refractivity contribution in [1.29, 1.82) is 0 Å². The van der Waals surface area contributed by atoms with Crippen LogP contribution in [0.25, 0.3) is 16.3 Å². The van der Waals surface area contributed by atoms with Gasteiger partial charge in [0.2, 0.25) is 5.91 Å². The zero-order valence-electron chi connectivity index (χ0n) is 16.0. The Kier molecular flexibility index (Phi) is 4.67. The number of fused-ring (bicyclic) bond motifs is 2. The van der Waals surface area contributed by atoms with E-state index in [4.69, 9.17) is 10.7 Å².